The van der Waals surface area contributed by atoms with Crippen molar-refractivity contribution in [1.29, 1.82) is 0 Å². The third-order valence-electron chi connectivity index (χ3n) is 3.90. The maximum absolute atomic E-state index is 12.4. The molecule has 0 aromatic heterocycles. The van der Waals surface area contributed by atoms with Crippen molar-refractivity contribution in [2.24, 2.45) is 5.41 Å². The molecule has 0 unspecified atom stereocenters. The molecule has 0 spiro atoms. The molecule has 0 bridgehead atoms. The van der Waals surface area contributed by atoms with Crippen molar-refractivity contribution in [3.05, 3.63) is 34.9 Å². The van der Waals surface area contributed by atoms with Gasteiger partial charge in [-0.3, -0.25) is 4.79 Å². The summed E-state index contributed by atoms with van der Waals surface area (Å²) in [6.07, 6.45) is 1.78. The van der Waals surface area contributed by atoms with Crippen molar-refractivity contribution in [2.45, 2.75) is 38.9 Å². The highest BCUT2D eigenvalue weighted by Gasteiger charge is 2.47. The van der Waals surface area contributed by atoms with E-state index in [1.807, 2.05) is 32.0 Å². The average molecular weight is 310 g/mol. The van der Waals surface area contributed by atoms with Gasteiger partial charge < -0.3 is 4.74 Å². The second-order valence-electron chi connectivity index (χ2n) is 6.28. The van der Waals surface area contributed by atoms with Crippen molar-refractivity contribution in [2.75, 3.05) is 12.9 Å². The molecule has 1 saturated carbocycles. The van der Waals surface area contributed by atoms with Crippen LogP contribution in [0, 0.1) is 19.3 Å². The molecular weight excluding hydrogens is 288 g/mol. The van der Waals surface area contributed by atoms with Gasteiger partial charge in [0.25, 0.3) is 0 Å². The summed E-state index contributed by atoms with van der Waals surface area (Å²) in [6, 6.07) is 5.84. The molecule has 0 N–H and O–H groups in total. The molecule has 5 heteroatoms. The van der Waals surface area contributed by atoms with Gasteiger partial charge in [0.1, 0.15) is 0 Å². The Balaban J connectivity index is 2.07. The predicted molar refractivity (Wildman–Crippen MR) is 81.7 cm³/mol. The van der Waals surface area contributed by atoms with Gasteiger partial charge in [-0.2, -0.15) is 0 Å². The molecule has 0 amide bonds. The smallest absolute Gasteiger partial charge is 0.306 e. The van der Waals surface area contributed by atoms with Gasteiger partial charge in [-0.25, -0.2) is 8.42 Å². The fourth-order valence-electron chi connectivity index (χ4n) is 2.85. The minimum atomic E-state index is -3.22. The van der Waals surface area contributed by atoms with Gasteiger partial charge in [0, 0.05) is 0 Å². The normalized spacial score (nSPS) is 16.5. The molecule has 0 radical (unpaired) electrons. The molecule has 0 saturated heterocycles. The summed E-state index contributed by atoms with van der Waals surface area (Å²) in [4.78, 5) is 11.4. The van der Waals surface area contributed by atoms with Gasteiger partial charge in [0.2, 0.25) is 0 Å². The minimum Gasteiger partial charge on any atom is -0.469 e. The Morgan fingerprint density at radius 3 is 2.24 bits per heavy atom. The lowest BCUT2D eigenvalue weighted by Crippen LogP contribution is -2.22. The Kier molecular flexibility index (Phi) is 4.42. The SMILES string of the molecule is COC(=O)CC1(CS(=O)(=O)Cc2cc(C)cc(C)c2)CC1. The Morgan fingerprint density at radius 1 is 1.19 bits per heavy atom. The first-order valence-electron chi connectivity index (χ1n) is 7.08. The highest BCUT2D eigenvalue weighted by Crippen LogP contribution is 2.50. The molecular formula is C16H22O4S. The summed E-state index contributed by atoms with van der Waals surface area (Å²) < 4.78 is 29.4. The van der Waals surface area contributed by atoms with Gasteiger partial charge in [0.15, 0.2) is 9.84 Å². The van der Waals surface area contributed by atoms with Gasteiger partial charge in [-0.1, -0.05) is 29.3 Å². The van der Waals surface area contributed by atoms with Gasteiger partial charge >= 0.3 is 5.97 Å². The van der Waals surface area contributed by atoms with Crippen LogP contribution in [0.5, 0.6) is 0 Å². The number of hydrogen-bond donors (Lipinski definition) is 0. The third kappa shape index (κ3) is 4.56. The van der Waals surface area contributed by atoms with E-state index in [1.165, 1.54) is 7.11 Å². The van der Waals surface area contributed by atoms with Crippen LogP contribution in [0.25, 0.3) is 0 Å². The monoisotopic (exact) mass is 310 g/mol. The van der Waals surface area contributed by atoms with E-state index in [9.17, 15) is 13.2 Å². The van der Waals surface area contributed by atoms with Gasteiger partial charge in [-0.05, 0) is 37.7 Å². The third-order valence-corrected chi connectivity index (χ3v) is 5.72. The van der Waals surface area contributed by atoms with Gasteiger partial charge in [-0.15, -0.1) is 0 Å². The summed E-state index contributed by atoms with van der Waals surface area (Å²) in [5, 5.41) is 0. The Labute approximate surface area is 126 Å². The van der Waals surface area contributed by atoms with E-state index in [1.54, 1.807) is 0 Å². The maximum Gasteiger partial charge on any atom is 0.306 e. The number of methoxy groups -OCH3 is 1. The van der Waals surface area contributed by atoms with Crippen LogP contribution in [0.3, 0.4) is 0 Å². The first-order chi connectivity index (χ1) is 9.73. The second-order valence-corrected chi connectivity index (χ2v) is 8.35. The van der Waals surface area contributed by atoms with Crippen molar-refractivity contribution >= 4 is 15.8 Å². The summed E-state index contributed by atoms with van der Waals surface area (Å²) >= 11 is 0. The summed E-state index contributed by atoms with van der Waals surface area (Å²) in [7, 11) is -1.89. The Morgan fingerprint density at radius 2 is 1.76 bits per heavy atom. The summed E-state index contributed by atoms with van der Waals surface area (Å²) in [6.45, 7) is 3.92. The van der Waals surface area contributed by atoms with Crippen LogP contribution in [0.4, 0.5) is 0 Å². The molecule has 1 fully saturated rings. The fourth-order valence-corrected chi connectivity index (χ4v) is 4.95. The van der Waals surface area contributed by atoms with Crippen LogP contribution in [0.1, 0.15) is 36.0 Å². The maximum atomic E-state index is 12.4. The van der Waals surface area contributed by atoms with Crippen LogP contribution in [0.2, 0.25) is 0 Å². The predicted octanol–water partition coefficient (Wildman–Crippen LogP) is 2.56. The van der Waals surface area contributed by atoms with Crippen LogP contribution >= 0.6 is 0 Å². The quantitative estimate of drug-likeness (QED) is 0.758. The molecule has 0 atom stereocenters. The number of hydrogen-bond acceptors (Lipinski definition) is 4. The second kappa shape index (κ2) is 5.79. The molecule has 21 heavy (non-hydrogen) atoms. The molecule has 0 heterocycles. The number of carbonyl (C=O) groups excluding carboxylic acids is 1. The van der Waals surface area contributed by atoms with Crippen LogP contribution < -0.4 is 0 Å². The zero-order valence-electron chi connectivity index (χ0n) is 12.8. The zero-order valence-corrected chi connectivity index (χ0v) is 13.6. The lowest BCUT2D eigenvalue weighted by atomic mass is 10.1. The van der Waals surface area contributed by atoms with Crippen LogP contribution in [0.15, 0.2) is 18.2 Å². The lowest BCUT2D eigenvalue weighted by Gasteiger charge is -2.14. The van der Waals surface area contributed by atoms with Crippen molar-refractivity contribution < 1.29 is 17.9 Å². The first-order valence-corrected chi connectivity index (χ1v) is 8.90. The number of rotatable bonds is 6. The number of esters is 1. The molecule has 0 aliphatic heterocycles. The van der Waals surface area contributed by atoms with Crippen LogP contribution in [-0.4, -0.2) is 27.2 Å². The number of benzene rings is 1. The van der Waals surface area contributed by atoms with E-state index in [0.717, 1.165) is 29.5 Å². The van der Waals surface area contributed by atoms with E-state index in [0.29, 0.717) is 0 Å². The first kappa shape index (κ1) is 16.0. The Bertz CT molecular complexity index is 622. The van der Waals surface area contributed by atoms with Crippen molar-refractivity contribution in [3.63, 3.8) is 0 Å². The van der Waals surface area contributed by atoms with E-state index < -0.39 is 9.84 Å². The molecule has 1 aromatic carbocycles. The molecule has 116 valence electrons. The van der Waals surface area contributed by atoms with Crippen molar-refractivity contribution in [1.82, 2.24) is 0 Å². The van der Waals surface area contributed by atoms with Crippen LogP contribution in [-0.2, 0) is 25.1 Å². The molecule has 1 aromatic rings. The summed E-state index contributed by atoms with van der Waals surface area (Å²) in [5.74, 6) is -0.213. The average Bonchev–Trinajstić information content (AvgIpc) is 3.04. The number of sulfone groups is 1. The molecule has 1 aliphatic rings. The summed E-state index contributed by atoms with van der Waals surface area (Å²) in [5.41, 5.74) is 2.57. The number of aryl methyl sites for hydroxylation is 2. The topological polar surface area (TPSA) is 60.4 Å². The Hall–Kier alpha value is -1.36. The van der Waals surface area contributed by atoms with E-state index >= 15 is 0 Å². The molecule has 4 nitrogen and oxygen atoms in total. The molecule has 1 aliphatic carbocycles. The van der Waals surface area contributed by atoms with Gasteiger partial charge in [0.05, 0.1) is 25.0 Å². The standard InChI is InChI=1S/C16H22O4S/c1-12-6-13(2)8-14(7-12)10-21(18,19)11-16(4-5-16)9-15(17)20-3/h6-8H,4-5,9-11H2,1-3H3. The number of ether oxygens (including phenoxy) is 1. The van der Waals surface area contributed by atoms with E-state index in [2.05, 4.69) is 4.74 Å². The lowest BCUT2D eigenvalue weighted by molar-refractivity contribution is -0.141. The number of carbonyl (C=O) groups is 1. The highest BCUT2D eigenvalue weighted by molar-refractivity contribution is 7.90. The van der Waals surface area contributed by atoms with E-state index in [4.69, 9.17) is 0 Å². The largest absolute Gasteiger partial charge is 0.469 e. The minimum absolute atomic E-state index is 0.0401. The molecule has 2 rings (SSSR count). The highest BCUT2D eigenvalue weighted by atomic mass is 32.2. The zero-order chi connectivity index (χ0) is 15.7. The van der Waals surface area contributed by atoms with Crippen molar-refractivity contribution in [3.8, 4) is 0 Å². The fraction of sp³-hybridized carbons (Fsp3) is 0.562. The van der Waals surface area contributed by atoms with E-state index in [-0.39, 0.29) is 29.3 Å².